The van der Waals surface area contributed by atoms with E-state index in [0.717, 1.165) is 0 Å². The molecule has 0 saturated carbocycles. The van der Waals surface area contributed by atoms with Crippen molar-refractivity contribution >= 4 is 20.8 Å². The molecule has 0 rings (SSSR count). The average molecular weight is 902 g/mol. The van der Waals surface area contributed by atoms with Gasteiger partial charge in [0.2, 0.25) is 10.4 Å². The lowest BCUT2D eigenvalue weighted by Gasteiger charge is -2.39. The summed E-state index contributed by atoms with van der Waals surface area (Å²) in [6.45, 7) is 30.4. The summed E-state index contributed by atoms with van der Waals surface area (Å²) in [6.07, 6.45) is 45.7. The van der Waals surface area contributed by atoms with Crippen LogP contribution in [0.15, 0.2) is 0 Å². The van der Waals surface area contributed by atoms with Crippen molar-refractivity contribution in [2.24, 2.45) is 0 Å². The molecule has 0 aliphatic carbocycles. The molecular weight excluding hydrogens is 797 g/mol. The molecule has 0 aliphatic heterocycles. The summed E-state index contributed by atoms with van der Waals surface area (Å²) in [6, 6.07) is 0. The molecule has 0 radical (unpaired) electrons. The van der Waals surface area contributed by atoms with Crippen LogP contribution >= 0.6 is 0 Å². The van der Waals surface area contributed by atoms with Gasteiger partial charge in [-0.25, -0.2) is 8.42 Å². The van der Waals surface area contributed by atoms with E-state index in [1.807, 2.05) is 0 Å². The predicted molar refractivity (Wildman–Crippen MR) is 253 cm³/mol. The van der Waals surface area contributed by atoms with Gasteiger partial charge in [0.25, 0.3) is 0 Å². The lowest BCUT2D eigenvalue weighted by Crippen LogP contribution is -2.50. The fourth-order valence-corrected chi connectivity index (χ4v) is 9.35. The molecule has 10 nitrogen and oxygen atoms in total. The van der Waals surface area contributed by atoms with E-state index < -0.39 is 20.8 Å². The van der Waals surface area contributed by atoms with Crippen LogP contribution in [0.2, 0.25) is 0 Å². The molecule has 0 aromatic rings. The largest absolute Gasteiger partial charge is 0.725 e. The normalized spacial score (nSPS) is 12.2. The van der Waals surface area contributed by atoms with Crippen LogP contribution in [0.25, 0.3) is 0 Å². The monoisotopic (exact) mass is 901 g/mol. The number of hydrogen-bond donors (Lipinski definition) is 0. The second-order valence-corrected chi connectivity index (χ2v) is 20.2. The summed E-state index contributed by atoms with van der Waals surface area (Å²) in [5, 5.41) is 9.01. The first kappa shape index (κ1) is 63.9. The van der Waals surface area contributed by atoms with E-state index >= 15 is 0 Å². The first-order chi connectivity index (χ1) is 28.8. The maximum Gasteiger partial charge on any atom is 0.405 e. The number of rotatable bonds is 43. The number of quaternary nitrogens is 2. The van der Waals surface area contributed by atoms with Gasteiger partial charge in [-0.15, -0.1) is 3.63 Å². The first-order valence-corrected chi connectivity index (χ1v) is 28.4. The fraction of sp³-hybridized carbons (Fsp3) is 1.00. The van der Waals surface area contributed by atoms with Crippen LogP contribution in [-0.4, -0.2) is 82.7 Å². The molecule has 0 fully saturated rings. The van der Waals surface area contributed by atoms with Gasteiger partial charge in [-0.3, -0.25) is 0 Å². The fourth-order valence-electron chi connectivity index (χ4n) is 8.45. The van der Waals surface area contributed by atoms with Gasteiger partial charge in [-0.2, -0.15) is 8.42 Å². The highest BCUT2D eigenvalue weighted by atomic mass is 32.3. The SMILES string of the molecule is CCCCCC[N+](CCCCCC)(CCCCCC)CCCCCC.CCCCCC[N+](CCCCCC)(CCCCCC)CCCCCC.O=S(=O)([O-])OS(=O)(=O)O[O-]. The van der Waals surface area contributed by atoms with Crippen LogP contribution in [-0.2, 0) is 28.8 Å². The van der Waals surface area contributed by atoms with Crippen LogP contribution in [0, 0.1) is 0 Å². The maximum absolute atomic E-state index is 9.68. The molecule has 0 spiro atoms. The highest BCUT2D eigenvalue weighted by molar-refractivity contribution is 7.94. The Labute approximate surface area is 376 Å². The smallest absolute Gasteiger partial charge is 0.405 e. The average Bonchev–Trinajstić information content (AvgIpc) is 3.21. The van der Waals surface area contributed by atoms with Crippen LogP contribution in [0.4, 0.5) is 0 Å². The molecule has 0 aromatic heterocycles. The molecule has 60 heavy (non-hydrogen) atoms. The molecule has 0 aliphatic rings. The zero-order chi connectivity index (χ0) is 45.7. The molecule has 0 atom stereocenters. The van der Waals surface area contributed by atoms with Crippen LogP contribution in [0.5, 0.6) is 0 Å². The van der Waals surface area contributed by atoms with E-state index in [1.165, 1.54) is 267 Å². The summed E-state index contributed by atoms with van der Waals surface area (Å²) in [4.78, 5) is 0. The Morgan fingerprint density at radius 2 is 0.483 bits per heavy atom. The molecule has 0 heterocycles. The quantitative estimate of drug-likeness (QED) is 0.0148. The van der Waals surface area contributed by atoms with E-state index in [4.69, 9.17) is 5.26 Å². The maximum atomic E-state index is 9.68. The molecule has 366 valence electrons. The molecule has 0 N–H and O–H groups in total. The van der Waals surface area contributed by atoms with Gasteiger partial charge in [-0.05, 0) is 103 Å². The van der Waals surface area contributed by atoms with Crippen molar-refractivity contribution in [2.45, 2.75) is 261 Å². The number of nitrogens with zero attached hydrogens (tertiary/aromatic N) is 2. The van der Waals surface area contributed by atoms with E-state index in [9.17, 15) is 21.4 Å². The lowest BCUT2D eigenvalue weighted by molar-refractivity contribution is -0.929. The van der Waals surface area contributed by atoms with Gasteiger partial charge >= 0.3 is 10.4 Å². The molecular formula is C48H104N2O8S2. The Balaban J connectivity index is -0.000000884. The minimum absolute atomic E-state index is 1.36. The van der Waals surface area contributed by atoms with E-state index in [0.29, 0.717) is 0 Å². The van der Waals surface area contributed by atoms with Gasteiger partial charge < -0.3 is 23.1 Å². The first-order valence-electron chi connectivity index (χ1n) is 25.7. The number of unbranched alkanes of at least 4 members (excludes halogenated alkanes) is 24. The Kier molecular flexibility index (Phi) is 48.2. The third-order valence-electron chi connectivity index (χ3n) is 12.1. The summed E-state index contributed by atoms with van der Waals surface area (Å²) in [7, 11) is -10.7. The minimum Gasteiger partial charge on any atom is -0.725 e. The highest BCUT2D eigenvalue weighted by Crippen LogP contribution is 2.21. The standard InChI is InChI=1S/2C24H52N.H2O8S2/c2*1-5-9-13-17-21-25(22-18-14-10-6-2,23-19-15-11-7-3)24-20-16-12-8-4;1-7-10(5,6)8-9(2,3)4/h2*5-24H2,1-4H3;1H,(H,2,3,4)/q2*+1;/p-2. The van der Waals surface area contributed by atoms with Crippen LogP contribution in [0.3, 0.4) is 0 Å². The van der Waals surface area contributed by atoms with Gasteiger partial charge in [0.05, 0.1) is 52.4 Å². The van der Waals surface area contributed by atoms with Gasteiger partial charge in [0, 0.05) is 0 Å². The Morgan fingerprint density at radius 1 is 0.317 bits per heavy atom. The zero-order valence-corrected chi connectivity index (χ0v) is 42.9. The summed E-state index contributed by atoms with van der Waals surface area (Å²) < 4.78 is 55.4. The Hall–Kier alpha value is -0.340. The third-order valence-corrected chi connectivity index (χ3v) is 13.6. The molecule has 12 heteroatoms. The van der Waals surface area contributed by atoms with Crippen molar-refractivity contribution in [1.29, 1.82) is 0 Å². The molecule has 0 amide bonds. The summed E-state index contributed by atoms with van der Waals surface area (Å²) in [5.41, 5.74) is 0. The van der Waals surface area contributed by atoms with Gasteiger partial charge in [-0.1, -0.05) is 158 Å². The van der Waals surface area contributed by atoms with Crippen molar-refractivity contribution in [3.63, 3.8) is 0 Å². The molecule has 0 aromatic carbocycles. The summed E-state index contributed by atoms with van der Waals surface area (Å²) >= 11 is 0. The van der Waals surface area contributed by atoms with Crippen molar-refractivity contribution in [3.8, 4) is 0 Å². The van der Waals surface area contributed by atoms with Crippen LogP contribution < -0.4 is 5.26 Å². The molecule has 0 saturated heterocycles. The van der Waals surface area contributed by atoms with Crippen molar-refractivity contribution in [1.82, 2.24) is 0 Å². The highest BCUT2D eigenvalue weighted by Gasteiger charge is 2.27. The van der Waals surface area contributed by atoms with Gasteiger partial charge in [0.15, 0.2) is 0 Å². The Bertz CT molecular complexity index is 917. The second kappa shape index (κ2) is 45.2. The second-order valence-electron chi connectivity index (χ2n) is 17.9. The van der Waals surface area contributed by atoms with E-state index in [-0.39, 0.29) is 0 Å². The lowest BCUT2D eigenvalue weighted by atomic mass is 10.1. The topological polar surface area (TPSA) is 133 Å². The van der Waals surface area contributed by atoms with E-state index in [2.05, 4.69) is 63.4 Å². The van der Waals surface area contributed by atoms with Crippen molar-refractivity contribution < 1.29 is 43.6 Å². The minimum atomic E-state index is -5.46. The molecule has 0 bridgehead atoms. The zero-order valence-electron chi connectivity index (χ0n) is 41.3. The van der Waals surface area contributed by atoms with Crippen LogP contribution in [0.1, 0.15) is 261 Å². The number of hydrogen-bond acceptors (Lipinski definition) is 8. The molecule has 0 unspecified atom stereocenters. The van der Waals surface area contributed by atoms with Crippen molar-refractivity contribution in [3.05, 3.63) is 0 Å². The third kappa shape index (κ3) is 44.3. The predicted octanol–water partition coefficient (Wildman–Crippen LogP) is 13.2. The Morgan fingerprint density at radius 3 is 0.583 bits per heavy atom. The van der Waals surface area contributed by atoms with Gasteiger partial charge in [0.1, 0.15) is 0 Å². The van der Waals surface area contributed by atoms with E-state index in [1.54, 1.807) is 0 Å². The summed E-state index contributed by atoms with van der Waals surface area (Å²) in [5.74, 6) is 0. The van der Waals surface area contributed by atoms with Crippen molar-refractivity contribution in [2.75, 3.05) is 52.4 Å².